The van der Waals surface area contributed by atoms with Gasteiger partial charge in [0.1, 0.15) is 4.90 Å². The fourth-order valence-electron chi connectivity index (χ4n) is 2.80. The van der Waals surface area contributed by atoms with Crippen molar-refractivity contribution >= 4 is 27.3 Å². The second kappa shape index (κ2) is 4.84. The zero-order valence-electron chi connectivity index (χ0n) is 10.5. The smallest absolute Gasteiger partial charge is 0.243 e. The molecule has 0 spiro atoms. The van der Waals surface area contributed by atoms with Gasteiger partial charge in [-0.15, -0.1) is 0 Å². The molecule has 1 aromatic rings. The molecule has 1 aromatic carbocycles. The van der Waals surface area contributed by atoms with Crippen LogP contribution in [0.3, 0.4) is 0 Å². The third kappa shape index (κ3) is 2.39. The van der Waals surface area contributed by atoms with Crippen molar-refractivity contribution < 1.29 is 17.5 Å². The Morgan fingerprint density at radius 1 is 1.40 bits per heavy atom. The van der Waals surface area contributed by atoms with Crippen LogP contribution in [-0.2, 0) is 14.8 Å². The molecule has 3 N–H and O–H groups in total. The highest BCUT2D eigenvalue weighted by atomic mass is 35.5. The Kier molecular flexibility index (Phi) is 3.40. The zero-order chi connectivity index (χ0) is 14.5. The van der Waals surface area contributed by atoms with Gasteiger partial charge in [0.2, 0.25) is 10.0 Å². The molecule has 3 unspecified atom stereocenters. The minimum absolute atomic E-state index is 0.0773. The van der Waals surface area contributed by atoms with E-state index in [-0.39, 0.29) is 29.0 Å². The molecule has 20 heavy (non-hydrogen) atoms. The molecule has 2 aliphatic heterocycles. The van der Waals surface area contributed by atoms with Crippen molar-refractivity contribution in [3.8, 4) is 0 Å². The number of benzene rings is 1. The number of sulfonamides is 1. The molecular weight excluding hydrogens is 307 g/mol. The summed E-state index contributed by atoms with van der Waals surface area (Å²) in [5.41, 5.74) is 5.12. The molecule has 0 saturated carbocycles. The van der Waals surface area contributed by atoms with Gasteiger partial charge >= 0.3 is 0 Å². The molecule has 2 bridgehead atoms. The highest BCUT2D eigenvalue weighted by Gasteiger charge is 2.43. The van der Waals surface area contributed by atoms with Crippen LogP contribution in [0.25, 0.3) is 0 Å². The Hall–Kier alpha value is -0.890. The molecule has 2 fully saturated rings. The molecule has 0 amide bonds. The number of hydrogen-bond acceptors (Lipinski definition) is 4. The largest absolute Gasteiger partial charge is 0.396 e. The van der Waals surface area contributed by atoms with Crippen molar-refractivity contribution in [2.24, 2.45) is 0 Å². The fraction of sp³-hybridized carbons (Fsp3) is 0.500. The SMILES string of the molecule is Nc1cc(Cl)cc(S(=O)(=O)NC2CC3CCC2O3)c1F. The molecule has 3 atom stereocenters. The van der Waals surface area contributed by atoms with Gasteiger partial charge in [0.05, 0.1) is 23.9 Å². The summed E-state index contributed by atoms with van der Waals surface area (Å²) in [6.45, 7) is 0. The molecule has 2 heterocycles. The van der Waals surface area contributed by atoms with Gasteiger partial charge in [0.25, 0.3) is 0 Å². The molecule has 2 aliphatic rings. The molecule has 0 aromatic heterocycles. The topological polar surface area (TPSA) is 81.4 Å². The van der Waals surface area contributed by atoms with Crippen LogP contribution in [0.4, 0.5) is 10.1 Å². The molecule has 5 nitrogen and oxygen atoms in total. The second-order valence-corrected chi connectivity index (χ2v) is 7.26. The number of ether oxygens (including phenoxy) is 1. The van der Waals surface area contributed by atoms with Gasteiger partial charge in [-0.1, -0.05) is 11.6 Å². The molecular formula is C12H14ClFN2O3S. The van der Waals surface area contributed by atoms with E-state index in [1.165, 1.54) is 6.07 Å². The summed E-state index contributed by atoms with van der Waals surface area (Å²) >= 11 is 5.74. The van der Waals surface area contributed by atoms with Crippen molar-refractivity contribution in [3.63, 3.8) is 0 Å². The maximum absolute atomic E-state index is 13.9. The fourth-order valence-corrected chi connectivity index (χ4v) is 4.51. The monoisotopic (exact) mass is 320 g/mol. The average molecular weight is 321 g/mol. The van der Waals surface area contributed by atoms with Crippen LogP contribution in [0.15, 0.2) is 17.0 Å². The second-order valence-electron chi connectivity index (χ2n) is 5.14. The van der Waals surface area contributed by atoms with Gasteiger partial charge in [0.15, 0.2) is 5.82 Å². The molecule has 3 rings (SSSR count). The molecule has 0 aliphatic carbocycles. The Morgan fingerprint density at radius 3 is 2.75 bits per heavy atom. The van der Waals surface area contributed by atoms with E-state index < -0.39 is 20.7 Å². The standard InChI is InChI=1S/C12H14ClFN2O3S/c13-6-3-8(15)12(14)11(4-6)20(17,18)16-9-5-7-1-2-10(9)19-7/h3-4,7,9-10,16H,1-2,5,15H2. The number of nitrogen functional groups attached to an aromatic ring is 1. The van der Waals surface area contributed by atoms with E-state index in [0.29, 0.717) is 6.42 Å². The van der Waals surface area contributed by atoms with Gasteiger partial charge in [-0.25, -0.2) is 17.5 Å². The Balaban J connectivity index is 1.89. The van der Waals surface area contributed by atoms with Gasteiger partial charge in [-0.2, -0.15) is 0 Å². The summed E-state index contributed by atoms with van der Waals surface area (Å²) in [4.78, 5) is -0.523. The summed E-state index contributed by atoms with van der Waals surface area (Å²) in [5, 5.41) is 0.0773. The summed E-state index contributed by atoms with van der Waals surface area (Å²) in [7, 11) is -4.01. The minimum Gasteiger partial charge on any atom is -0.396 e. The quantitative estimate of drug-likeness (QED) is 0.830. The van der Waals surface area contributed by atoms with E-state index in [4.69, 9.17) is 22.1 Å². The highest BCUT2D eigenvalue weighted by Crippen LogP contribution is 2.35. The third-order valence-electron chi connectivity index (χ3n) is 3.73. The lowest BCUT2D eigenvalue weighted by Crippen LogP contribution is -2.41. The van der Waals surface area contributed by atoms with E-state index in [2.05, 4.69) is 4.72 Å². The Morgan fingerprint density at radius 2 is 2.15 bits per heavy atom. The number of rotatable bonds is 3. The van der Waals surface area contributed by atoms with Crippen LogP contribution < -0.4 is 10.5 Å². The van der Waals surface area contributed by atoms with E-state index in [1.807, 2.05) is 0 Å². The average Bonchev–Trinajstić information content (AvgIpc) is 2.95. The first kappa shape index (κ1) is 14.1. The molecule has 8 heteroatoms. The van der Waals surface area contributed by atoms with Gasteiger partial charge in [0, 0.05) is 5.02 Å². The number of anilines is 1. The van der Waals surface area contributed by atoms with Crippen LogP contribution in [0.2, 0.25) is 5.02 Å². The van der Waals surface area contributed by atoms with Gasteiger partial charge in [-0.3, -0.25) is 0 Å². The predicted octanol–water partition coefficient (Wildman–Crippen LogP) is 1.66. The van der Waals surface area contributed by atoms with Crippen LogP contribution in [0, 0.1) is 5.82 Å². The van der Waals surface area contributed by atoms with E-state index in [0.717, 1.165) is 18.9 Å². The van der Waals surface area contributed by atoms with Crippen LogP contribution in [-0.4, -0.2) is 26.7 Å². The predicted molar refractivity (Wildman–Crippen MR) is 72.4 cm³/mol. The van der Waals surface area contributed by atoms with Gasteiger partial charge in [-0.05, 0) is 31.4 Å². The third-order valence-corrected chi connectivity index (χ3v) is 5.44. The van der Waals surface area contributed by atoms with Crippen LogP contribution in [0.1, 0.15) is 19.3 Å². The van der Waals surface area contributed by atoms with Gasteiger partial charge < -0.3 is 10.5 Å². The van der Waals surface area contributed by atoms with Crippen molar-refractivity contribution in [2.45, 2.75) is 42.4 Å². The normalized spacial score (nSPS) is 29.0. The van der Waals surface area contributed by atoms with E-state index >= 15 is 0 Å². The Labute approximate surface area is 121 Å². The first-order valence-corrected chi connectivity index (χ1v) is 8.15. The molecule has 0 radical (unpaired) electrons. The van der Waals surface area contributed by atoms with Crippen molar-refractivity contribution in [1.29, 1.82) is 0 Å². The zero-order valence-corrected chi connectivity index (χ0v) is 12.0. The minimum atomic E-state index is -4.01. The molecule has 110 valence electrons. The van der Waals surface area contributed by atoms with Crippen LogP contribution >= 0.6 is 11.6 Å². The number of hydrogen-bond donors (Lipinski definition) is 2. The van der Waals surface area contributed by atoms with E-state index in [9.17, 15) is 12.8 Å². The number of nitrogens with one attached hydrogen (secondary N) is 1. The number of fused-ring (bicyclic) bond motifs is 2. The first-order chi connectivity index (χ1) is 9.37. The first-order valence-electron chi connectivity index (χ1n) is 6.29. The summed E-state index contributed by atoms with van der Waals surface area (Å²) in [5.74, 6) is -0.981. The lowest BCUT2D eigenvalue weighted by Gasteiger charge is -2.20. The maximum Gasteiger partial charge on any atom is 0.243 e. The summed E-state index contributed by atoms with van der Waals surface area (Å²) < 4.78 is 46.5. The van der Waals surface area contributed by atoms with Crippen molar-refractivity contribution in [1.82, 2.24) is 4.72 Å². The molecule has 2 saturated heterocycles. The van der Waals surface area contributed by atoms with Crippen molar-refractivity contribution in [3.05, 3.63) is 23.0 Å². The summed E-state index contributed by atoms with van der Waals surface area (Å²) in [6, 6.07) is 1.92. The Bertz CT molecular complexity index is 652. The van der Waals surface area contributed by atoms with Crippen LogP contribution in [0.5, 0.6) is 0 Å². The number of halogens is 2. The summed E-state index contributed by atoms with van der Waals surface area (Å²) in [6.07, 6.45) is 2.34. The van der Waals surface area contributed by atoms with Crippen molar-refractivity contribution in [2.75, 3.05) is 5.73 Å². The lowest BCUT2D eigenvalue weighted by atomic mass is 9.96. The highest BCUT2D eigenvalue weighted by molar-refractivity contribution is 7.89. The number of nitrogens with two attached hydrogens (primary N) is 1. The van der Waals surface area contributed by atoms with E-state index in [1.54, 1.807) is 0 Å². The maximum atomic E-state index is 13.9. The lowest BCUT2D eigenvalue weighted by molar-refractivity contribution is 0.0996.